The summed E-state index contributed by atoms with van der Waals surface area (Å²) in [5, 5.41) is 10.9. The minimum atomic E-state index is -1.26. The number of ether oxygens (including phenoxy) is 3. The lowest BCUT2D eigenvalue weighted by Crippen LogP contribution is -2.22. The molecule has 1 aromatic carbocycles. The van der Waals surface area contributed by atoms with Crippen LogP contribution in [0.1, 0.15) is 24.8 Å². The van der Waals surface area contributed by atoms with Gasteiger partial charge in [0, 0.05) is 25.2 Å². The largest absolute Gasteiger partial charge is 0.467 e. The molecule has 1 atom stereocenters. The second kappa shape index (κ2) is 11.3. The zero-order chi connectivity index (χ0) is 21.3. The van der Waals surface area contributed by atoms with E-state index in [0.29, 0.717) is 6.61 Å². The predicted molar refractivity (Wildman–Crippen MR) is 107 cm³/mol. The Labute approximate surface area is 170 Å². The van der Waals surface area contributed by atoms with E-state index < -0.39 is 37.2 Å². The smallest absolute Gasteiger partial charge is 0.306 e. The summed E-state index contributed by atoms with van der Waals surface area (Å²) >= 11 is 5.85. The summed E-state index contributed by atoms with van der Waals surface area (Å²) in [6.45, 7) is 8.07. The summed E-state index contributed by atoms with van der Waals surface area (Å²) in [5.74, 6) is -2.53. The van der Waals surface area contributed by atoms with E-state index in [9.17, 15) is 19.3 Å². The second-order valence-electron chi connectivity index (χ2n) is 7.48. The van der Waals surface area contributed by atoms with E-state index in [2.05, 4.69) is 19.6 Å². The summed E-state index contributed by atoms with van der Waals surface area (Å²) in [6.07, 6.45) is -0.362. The van der Waals surface area contributed by atoms with E-state index in [0.717, 1.165) is 6.04 Å². The van der Waals surface area contributed by atoms with Gasteiger partial charge in [0.15, 0.2) is 6.79 Å². The number of carbonyl (C=O) groups is 1. The maximum atomic E-state index is 14.7. The van der Waals surface area contributed by atoms with Crippen LogP contribution in [0.5, 0.6) is 5.75 Å². The monoisotopic (exact) mass is 435 g/mol. The van der Waals surface area contributed by atoms with Crippen LogP contribution in [-0.4, -0.2) is 45.5 Å². The first-order valence-corrected chi connectivity index (χ1v) is 13.1. The summed E-state index contributed by atoms with van der Waals surface area (Å²) in [5.41, 5.74) is -0.119. The van der Waals surface area contributed by atoms with E-state index >= 15 is 0 Å². The van der Waals surface area contributed by atoms with Crippen molar-refractivity contribution < 1.29 is 28.3 Å². The molecule has 0 saturated carbocycles. The molecule has 1 unspecified atom stereocenters. The van der Waals surface area contributed by atoms with E-state index in [1.54, 1.807) is 6.92 Å². The highest BCUT2D eigenvalue weighted by Crippen LogP contribution is 2.35. The molecule has 0 N–H and O–H groups in total. The molecule has 0 fully saturated rings. The third-order valence-corrected chi connectivity index (χ3v) is 5.88. The summed E-state index contributed by atoms with van der Waals surface area (Å²) in [6, 6.07) is 3.65. The van der Waals surface area contributed by atoms with Gasteiger partial charge in [-0.05, 0) is 25.1 Å². The molecule has 158 valence electrons. The van der Waals surface area contributed by atoms with Gasteiger partial charge in [-0.2, -0.15) is 0 Å². The molecule has 1 aromatic rings. The topological polar surface area (TPSA) is 87.9 Å². The maximum absolute atomic E-state index is 14.7. The molecule has 7 nitrogen and oxygen atoms in total. The number of hydrogen-bond donors (Lipinski definition) is 0. The lowest BCUT2D eigenvalue weighted by Gasteiger charge is -2.19. The third-order valence-electron chi connectivity index (χ3n) is 3.88. The number of hydrogen-bond acceptors (Lipinski definition) is 6. The molecular weight excluding hydrogens is 409 g/mol. The van der Waals surface area contributed by atoms with E-state index in [1.807, 2.05) is 0 Å². The molecule has 28 heavy (non-hydrogen) atoms. The average molecular weight is 436 g/mol. The molecular formula is C18H27ClFNO6Si. The van der Waals surface area contributed by atoms with E-state index in [4.69, 9.17) is 25.8 Å². The minimum absolute atomic E-state index is 0.0612. The van der Waals surface area contributed by atoms with Crippen LogP contribution in [0.25, 0.3) is 0 Å². The van der Waals surface area contributed by atoms with Gasteiger partial charge in [-0.25, -0.2) is 4.39 Å². The molecule has 0 spiro atoms. The molecule has 0 aromatic heterocycles. The molecule has 0 aliphatic carbocycles. The van der Waals surface area contributed by atoms with Crippen molar-refractivity contribution >= 4 is 25.6 Å². The quantitative estimate of drug-likeness (QED) is 0.120. The lowest BCUT2D eigenvalue weighted by atomic mass is 9.94. The zero-order valence-corrected chi connectivity index (χ0v) is 18.4. The Kier molecular flexibility index (Phi) is 9.84. The number of esters is 1. The lowest BCUT2D eigenvalue weighted by molar-refractivity contribution is -0.483. The van der Waals surface area contributed by atoms with E-state index in [1.165, 1.54) is 12.1 Å². The van der Waals surface area contributed by atoms with Gasteiger partial charge in [-0.15, -0.1) is 0 Å². The number of nitro groups is 1. The number of carbonyl (C=O) groups excluding carboxylic acids is 1. The van der Waals surface area contributed by atoms with Gasteiger partial charge in [0.05, 0.1) is 24.0 Å². The molecule has 0 amide bonds. The second-order valence-corrected chi connectivity index (χ2v) is 13.5. The minimum Gasteiger partial charge on any atom is -0.467 e. The Hall–Kier alpha value is -1.71. The van der Waals surface area contributed by atoms with Crippen LogP contribution >= 0.6 is 11.6 Å². The third kappa shape index (κ3) is 8.53. The van der Waals surface area contributed by atoms with Crippen LogP contribution in [0.3, 0.4) is 0 Å². The van der Waals surface area contributed by atoms with Gasteiger partial charge >= 0.3 is 5.97 Å². The number of rotatable bonds is 12. The molecule has 0 radical (unpaired) electrons. The summed E-state index contributed by atoms with van der Waals surface area (Å²) < 4.78 is 30.5. The van der Waals surface area contributed by atoms with E-state index in [-0.39, 0.29) is 36.2 Å². The maximum Gasteiger partial charge on any atom is 0.306 e. The van der Waals surface area contributed by atoms with Gasteiger partial charge in [0.1, 0.15) is 11.6 Å². The van der Waals surface area contributed by atoms with Gasteiger partial charge < -0.3 is 14.2 Å². The molecule has 0 heterocycles. The van der Waals surface area contributed by atoms with Crippen molar-refractivity contribution in [2.75, 3.05) is 26.6 Å². The molecule has 0 aliphatic heterocycles. The Morgan fingerprint density at radius 3 is 2.61 bits per heavy atom. The SMILES string of the molecule is CCOC(=O)CC(C[N+](=O)[O-])c1c(OCOCC[Si](C)(C)C)ccc(Cl)c1F. The van der Waals surface area contributed by atoms with Gasteiger partial charge in [-0.3, -0.25) is 14.9 Å². The van der Waals surface area contributed by atoms with Crippen LogP contribution in [0.4, 0.5) is 4.39 Å². The fraction of sp³-hybridized carbons (Fsp3) is 0.611. The predicted octanol–water partition coefficient (Wildman–Crippen LogP) is 4.48. The van der Waals surface area contributed by atoms with Crippen LogP contribution in [0.15, 0.2) is 12.1 Å². The van der Waals surface area contributed by atoms with Crippen molar-refractivity contribution in [3.8, 4) is 5.75 Å². The fourth-order valence-electron chi connectivity index (χ4n) is 2.46. The number of benzene rings is 1. The standard InChI is InChI=1S/C18H27ClFNO6Si/c1-5-26-16(22)10-13(11-21(23)24)17-15(7-6-14(19)18(17)20)27-12-25-8-9-28(2,3)4/h6-7,13H,5,8-12H2,1-4H3. The summed E-state index contributed by atoms with van der Waals surface area (Å²) in [4.78, 5) is 22.3. The number of nitrogens with zero attached hydrogens (tertiary/aromatic N) is 1. The van der Waals surface area contributed by atoms with Crippen molar-refractivity contribution in [1.82, 2.24) is 0 Å². The Bertz CT molecular complexity index is 683. The molecule has 0 bridgehead atoms. The normalized spacial score (nSPS) is 12.5. The molecule has 10 heteroatoms. The Morgan fingerprint density at radius 1 is 1.36 bits per heavy atom. The van der Waals surface area contributed by atoms with Crippen molar-refractivity contribution in [3.63, 3.8) is 0 Å². The Morgan fingerprint density at radius 2 is 2.04 bits per heavy atom. The first kappa shape index (κ1) is 24.3. The fourth-order valence-corrected chi connectivity index (χ4v) is 3.38. The first-order valence-electron chi connectivity index (χ1n) is 9.01. The van der Waals surface area contributed by atoms with Gasteiger partial charge in [0.25, 0.3) is 0 Å². The van der Waals surface area contributed by atoms with Crippen molar-refractivity contribution in [3.05, 3.63) is 38.7 Å². The molecule has 0 saturated heterocycles. The highest BCUT2D eigenvalue weighted by atomic mass is 35.5. The summed E-state index contributed by atoms with van der Waals surface area (Å²) in [7, 11) is -1.26. The highest BCUT2D eigenvalue weighted by Gasteiger charge is 2.30. The van der Waals surface area contributed by atoms with Crippen LogP contribution in [0.2, 0.25) is 30.7 Å². The van der Waals surface area contributed by atoms with Crippen molar-refractivity contribution in [2.45, 2.75) is 44.9 Å². The van der Waals surface area contributed by atoms with Crippen LogP contribution < -0.4 is 4.74 Å². The van der Waals surface area contributed by atoms with Gasteiger partial charge in [-0.1, -0.05) is 31.2 Å². The Balaban J connectivity index is 3.00. The highest BCUT2D eigenvalue weighted by molar-refractivity contribution is 6.76. The average Bonchev–Trinajstić information content (AvgIpc) is 2.56. The van der Waals surface area contributed by atoms with Crippen LogP contribution in [-0.2, 0) is 14.3 Å². The van der Waals surface area contributed by atoms with Gasteiger partial charge in [0.2, 0.25) is 6.54 Å². The molecule has 1 rings (SSSR count). The van der Waals surface area contributed by atoms with Crippen molar-refractivity contribution in [1.29, 1.82) is 0 Å². The zero-order valence-electron chi connectivity index (χ0n) is 16.6. The molecule has 0 aliphatic rings. The number of halogens is 2. The first-order chi connectivity index (χ1) is 13.0. The van der Waals surface area contributed by atoms with Crippen molar-refractivity contribution in [2.24, 2.45) is 0 Å². The van der Waals surface area contributed by atoms with Crippen LogP contribution in [0, 0.1) is 15.9 Å².